The maximum atomic E-state index is 5.81. The Morgan fingerprint density at radius 1 is 1.14 bits per heavy atom. The summed E-state index contributed by atoms with van der Waals surface area (Å²) in [4.78, 5) is 0. The molecule has 1 aromatic heterocycles. The zero-order valence-corrected chi connectivity index (χ0v) is 12.7. The molecule has 3 N–H and O–H groups in total. The summed E-state index contributed by atoms with van der Waals surface area (Å²) in [6.45, 7) is 0. The van der Waals surface area contributed by atoms with Gasteiger partial charge in [0.2, 0.25) is 0 Å². The highest BCUT2D eigenvalue weighted by atomic mass is 32.1. The van der Waals surface area contributed by atoms with Crippen LogP contribution in [0.3, 0.4) is 0 Å². The van der Waals surface area contributed by atoms with E-state index in [9.17, 15) is 0 Å². The van der Waals surface area contributed by atoms with Gasteiger partial charge >= 0.3 is 0 Å². The molecule has 0 saturated carbocycles. The van der Waals surface area contributed by atoms with Crippen LogP contribution in [0, 0.1) is 0 Å². The predicted molar refractivity (Wildman–Crippen MR) is 88.6 cm³/mol. The number of benzene rings is 2. The molecule has 0 radical (unpaired) electrons. The molecule has 0 amide bonds. The van der Waals surface area contributed by atoms with Gasteiger partial charge in [-0.1, -0.05) is 36.4 Å². The molecule has 1 atom stereocenters. The van der Waals surface area contributed by atoms with Gasteiger partial charge in [0.05, 0.1) is 13.2 Å². The van der Waals surface area contributed by atoms with Crippen molar-refractivity contribution in [3.05, 3.63) is 65.0 Å². The summed E-state index contributed by atoms with van der Waals surface area (Å²) in [5, 5.41) is 3.45. The van der Waals surface area contributed by atoms with Gasteiger partial charge in [0.15, 0.2) is 0 Å². The highest BCUT2D eigenvalue weighted by molar-refractivity contribution is 7.17. The Balaban J connectivity index is 1.95. The number of nitrogens with one attached hydrogen (secondary N) is 1. The van der Waals surface area contributed by atoms with Gasteiger partial charge in [-0.3, -0.25) is 11.3 Å². The molecule has 2 aromatic carbocycles. The Bertz CT molecular complexity index is 738. The molecule has 3 rings (SSSR count). The summed E-state index contributed by atoms with van der Waals surface area (Å²) < 4.78 is 6.71. The Morgan fingerprint density at radius 3 is 2.71 bits per heavy atom. The van der Waals surface area contributed by atoms with Gasteiger partial charge < -0.3 is 4.74 Å². The fourth-order valence-electron chi connectivity index (χ4n) is 2.62. The first-order valence-corrected chi connectivity index (χ1v) is 7.75. The Morgan fingerprint density at radius 2 is 1.90 bits per heavy atom. The molecule has 0 aliphatic carbocycles. The van der Waals surface area contributed by atoms with E-state index in [2.05, 4.69) is 41.1 Å². The van der Waals surface area contributed by atoms with Crippen molar-refractivity contribution in [2.45, 2.75) is 12.5 Å². The van der Waals surface area contributed by atoms with Crippen LogP contribution in [0.1, 0.15) is 17.2 Å². The molecular formula is C17H18N2OS. The van der Waals surface area contributed by atoms with E-state index in [1.165, 1.54) is 15.6 Å². The zero-order valence-electron chi connectivity index (χ0n) is 11.9. The molecule has 1 unspecified atom stereocenters. The number of hydrogen-bond acceptors (Lipinski definition) is 4. The second kappa shape index (κ2) is 6.26. The molecular weight excluding hydrogens is 280 g/mol. The number of fused-ring (bicyclic) bond motifs is 1. The molecule has 108 valence electrons. The lowest BCUT2D eigenvalue weighted by Gasteiger charge is -2.17. The minimum atomic E-state index is 0.0671. The van der Waals surface area contributed by atoms with Gasteiger partial charge in [0.1, 0.15) is 5.75 Å². The van der Waals surface area contributed by atoms with Crippen LogP contribution in [0.2, 0.25) is 0 Å². The van der Waals surface area contributed by atoms with E-state index < -0.39 is 0 Å². The maximum Gasteiger partial charge on any atom is 0.122 e. The van der Waals surface area contributed by atoms with Gasteiger partial charge in [-0.25, -0.2) is 0 Å². The van der Waals surface area contributed by atoms with E-state index in [1.807, 2.05) is 18.2 Å². The topological polar surface area (TPSA) is 47.3 Å². The molecule has 3 nitrogen and oxygen atoms in total. The van der Waals surface area contributed by atoms with Crippen molar-refractivity contribution in [3.8, 4) is 5.75 Å². The molecule has 0 aliphatic heterocycles. The van der Waals surface area contributed by atoms with Crippen LogP contribution < -0.4 is 16.0 Å². The van der Waals surface area contributed by atoms with Crippen molar-refractivity contribution in [1.29, 1.82) is 0 Å². The van der Waals surface area contributed by atoms with E-state index in [0.717, 1.165) is 17.7 Å². The smallest absolute Gasteiger partial charge is 0.122 e. The number of para-hydroxylation sites is 1. The lowest BCUT2D eigenvalue weighted by Crippen LogP contribution is -2.29. The number of methoxy groups -OCH3 is 1. The van der Waals surface area contributed by atoms with Crippen LogP contribution >= 0.6 is 11.3 Å². The largest absolute Gasteiger partial charge is 0.496 e. The van der Waals surface area contributed by atoms with Crippen molar-refractivity contribution >= 4 is 21.4 Å². The van der Waals surface area contributed by atoms with Crippen molar-refractivity contribution in [2.24, 2.45) is 5.84 Å². The second-order valence-electron chi connectivity index (χ2n) is 4.92. The number of hydrogen-bond donors (Lipinski definition) is 2. The summed E-state index contributed by atoms with van der Waals surface area (Å²) in [6, 6.07) is 16.5. The summed E-state index contributed by atoms with van der Waals surface area (Å²) >= 11 is 1.75. The fourth-order valence-corrected chi connectivity index (χ4v) is 3.63. The second-order valence-corrected chi connectivity index (χ2v) is 5.83. The predicted octanol–water partition coefficient (Wildman–Crippen LogP) is 3.66. The van der Waals surface area contributed by atoms with Gasteiger partial charge in [0.25, 0.3) is 0 Å². The van der Waals surface area contributed by atoms with Crippen LogP contribution in [0.15, 0.2) is 53.9 Å². The third kappa shape index (κ3) is 2.78. The van der Waals surface area contributed by atoms with Crippen LogP contribution in [-0.4, -0.2) is 7.11 Å². The number of ether oxygens (including phenoxy) is 1. The van der Waals surface area contributed by atoms with Crippen LogP contribution in [0.25, 0.3) is 10.1 Å². The van der Waals surface area contributed by atoms with E-state index in [1.54, 1.807) is 18.4 Å². The molecule has 0 fully saturated rings. The van der Waals surface area contributed by atoms with Crippen LogP contribution in [0.5, 0.6) is 5.75 Å². The average molecular weight is 298 g/mol. The third-order valence-corrected chi connectivity index (χ3v) is 4.69. The first-order chi connectivity index (χ1) is 10.3. The van der Waals surface area contributed by atoms with Gasteiger partial charge in [-0.2, -0.15) is 0 Å². The molecule has 1 heterocycles. The van der Waals surface area contributed by atoms with Crippen molar-refractivity contribution in [1.82, 2.24) is 5.43 Å². The number of hydrazine groups is 1. The van der Waals surface area contributed by atoms with Crippen LogP contribution in [-0.2, 0) is 6.42 Å². The highest BCUT2D eigenvalue weighted by Crippen LogP contribution is 2.32. The fraction of sp³-hybridized carbons (Fsp3) is 0.176. The molecule has 4 heteroatoms. The summed E-state index contributed by atoms with van der Waals surface area (Å²) in [5.74, 6) is 6.71. The molecule has 0 bridgehead atoms. The number of nitrogens with two attached hydrogens (primary N) is 1. The van der Waals surface area contributed by atoms with Crippen molar-refractivity contribution in [2.75, 3.05) is 7.11 Å². The normalized spacial score (nSPS) is 12.5. The lowest BCUT2D eigenvalue weighted by molar-refractivity contribution is 0.406. The third-order valence-electron chi connectivity index (χ3n) is 3.70. The SMILES string of the molecule is COc1ccccc1CC(NN)c1csc2ccccc12. The number of thiophene rings is 1. The first kappa shape index (κ1) is 14.1. The zero-order chi connectivity index (χ0) is 14.7. The van der Waals surface area contributed by atoms with Gasteiger partial charge in [0, 0.05) is 4.70 Å². The highest BCUT2D eigenvalue weighted by Gasteiger charge is 2.16. The summed E-state index contributed by atoms with van der Waals surface area (Å²) in [7, 11) is 1.70. The van der Waals surface area contributed by atoms with E-state index in [4.69, 9.17) is 10.6 Å². The van der Waals surface area contributed by atoms with Gasteiger partial charge in [-0.05, 0) is 40.4 Å². The summed E-state index contributed by atoms with van der Waals surface area (Å²) in [5.41, 5.74) is 5.34. The molecule has 0 saturated heterocycles. The monoisotopic (exact) mass is 298 g/mol. The molecule has 3 aromatic rings. The molecule has 0 spiro atoms. The van der Waals surface area contributed by atoms with Crippen LogP contribution in [0.4, 0.5) is 0 Å². The van der Waals surface area contributed by atoms with E-state index in [-0.39, 0.29) is 6.04 Å². The molecule has 21 heavy (non-hydrogen) atoms. The van der Waals surface area contributed by atoms with E-state index >= 15 is 0 Å². The van der Waals surface area contributed by atoms with Crippen molar-refractivity contribution < 1.29 is 4.74 Å². The average Bonchev–Trinajstić information content (AvgIpc) is 2.97. The maximum absolute atomic E-state index is 5.81. The standard InChI is InChI=1S/C17H18N2OS/c1-20-16-8-4-2-6-12(16)10-15(19-18)14-11-21-17-9-5-3-7-13(14)17/h2-9,11,15,19H,10,18H2,1H3. The molecule has 0 aliphatic rings. The van der Waals surface area contributed by atoms with Gasteiger partial charge in [-0.15, -0.1) is 11.3 Å². The summed E-state index contributed by atoms with van der Waals surface area (Å²) in [6.07, 6.45) is 0.793. The lowest BCUT2D eigenvalue weighted by atomic mass is 9.98. The minimum absolute atomic E-state index is 0.0671. The van der Waals surface area contributed by atoms with E-state index in [0.29, 0.717) is 0 Å². The Hall–Kier alpha value is -1.88. The number of rotatable bonds is 5. The first-order valence-electron chi connectivity index (χ1n) is 6.87. The Labute approximate surface area is 128 Å². The Kier molecular flexibility index (Phi) is 4.20. The quantitative estimate of drug-likeness (QED) is 0.558. The minimum Gasteiger partial charge on any atom is -0.496 e. The van der Waals surface area contributed by atoms with Crippen molar-refractivity contribution in [3.63, 3.8) is 0 Å².